The number of hydrogen-bond donors (Lipinski definition) is 2. The highest BCUT2D eigenvalue weighted by molar-refractivity contribution is 6.30. The van der Waals surface area contributed by atoms with Gasteiger partial charge in [-0.25, -0.2) is 4.79 Å². The van der Waals surface area contributed by atoms with Crippen molar-refractivity contribution in [3.8, 4) is 11.1 Å². The molecule has 0 radical (unpaired) electrons. The predicted octanol–water partition coefficient (Wildman–Crippen LogP) is 10.2. The number of carboxylic acids is 1. The maximum absolute atomic E-state index is 13.8. The third-order valence-electron chi connectivity index (χ3n) is 8.93. The molecule has 0 aromatic heterocycles. The second kappa shape index (κ2) is 13.2. The number of anilines is 1. The van der Waals surface area contributed by atoms with Crippen LogP contribution < -0.4 is 5.32 Å². The van der Waals surface area contributed by atoms with Gasteiger partial charge >= 0.3 is 5.97 Å². The van der Waals surface area contributed by atoms with E-state index in [0.29, 0.717) is 28.5 Å². The van der Waals surface area contributed by atoms with Crippen LogP contribution in [0.1, 0.15) is 78.6 Å². The first-order valence-corrected chi connectivity index (χ1v) is 15.6. The van der Waals surface area contributed by atoms with Crippen LogP contribution in [-0.2, 0) is 11.2 Å². The molecule has 0 heterocycles. The van der Waals surface area contributed by atoms with Gasteiger partial charge in [0.05, 0.1) is 11.5 Å². The second-order valence-corrected chi connectivity index (χ2v) is 13.4. The topological polar surface area (TPSA) is 66.4 Å². The normalized spacial score (nSPS) is 15.8. The van der Waals surface area contributed by atoms with Gasteiger partial charge in [0.1, 0.15) is 0 Å². The molecule has 4 aromatic rings. The van der Waals surface area contributed by atoms with Crippen molar-refractivity contribution in [1.82, 2.24) is 0 Å². The van der Waals surface area contributed by atoms with Gasteiger partial charge in [-0.05, 0) is 119 Å². The van der Waals surface area contributed by atoms with E-state index in [1.807, 2.05) is 49.4 Å². The molecule has 0 bridgehead atoms. The number of aryl methyl sites for hydroxylation is 1. The molecule has 0 spiro atoms. The van der Waals surface area contributed by atoms with E-state index in [0.717, 1.165) is 40.7 Å². The van der Waals surface area contributed by atoms with Gasteiger partial charge in [-0.2, -0.15) is 0 Å². The maximum atomic E-state index is 13.8. The van der Waals surface area contributed by atoms with E-state index >= 15 is 0 Å². The fraction of sp³-hybridized carbons (Fsp3) is 0.282. The summed E-state index contributed by atoms with van der Waals surface area (Å²) in [6, 6.07) is 28.8. The van der Waals surface area contributed by atoms with Crippen molar-refractivity contribution in [3.05, 3.63) is 130 Å². The smallest absolute Gasteiger partial charge is 0.335 e. The first kappa shape index (κ1) is 31.3. The van der Waals surface area contributed by atoms with E-state index in [2.05, 4.69) is 56.4 Å². The minimum atomic E-state index is -0.968. The molecule has 0 unspecified atom stereocenters. The fourth-order valence-electron chi connectivity index (χ4n) is 6.11. The van der Waals surface area contributed by atoms with Crippen molar-refractivity contribution in [2.75, 3.05) is 5.32 Å². The lowest BCUT2D eigenvalue weighted by atomic mass is 9.72. The Kier molecular flexibility index (Phi) is 9.41. The Labute approximate surface area is 265 Å². The third kappa shape index (κ3) is 7.49. The number of nitrogens with one attached hydrogen (secondary N) is 1. The highest BCUT2D eigenvalue weighted by Crippen LogP contribution is 2.40. The van der Waals surface area contributed by atoms with Gasteiger partial charge in [0.15, 0.2) is 0 Å². The molecule has 0 fully saturated rings. The van der Waals surface area contributed by atoms with Crippen LogP contribution in [0.3, 0.4) is 0 Å². The zero-order valence-electron chi connectivity index (χ0n) is 25.9. The van der Waals surface area contributed by atoms with Crippen molar-refractivity contribution in [1.29, 1.82) is 0 Å². The zero-order valence-corrected chi connectivity index (χ0v) is 26.6. The fourth-order valence-corrected chi connectivity index (χ4v) is 6.33. The molecule has 2 N–H and O–H groups in total. The monoisotopic (exact) mass is 605 g/mol. The maximum Gasteiger partial charge on any atom is 0.335 e. The molecule has 2 atom stereocenters. The van der Waals surface area contributed by atoms with Gasteiger partial charge in [-0.15, -0.1) is 0 Å². The number of carbonyl (C=O) groups excluding carboxylic acids is 1. The molecule has 1 aliphatic carbocycles. The predicted molar refractivity (Wildman–Crippen MR) is 181 cm³/mol. The molecule has 44 heavy (non-hydrogen) atoms. The van der Waals surface area contributed by atoms with Crippen molar-refractivity contribution in [2.24, 2.45) is 11.3 Å². The summed E-state index contributed by atoms with van der Waals surface area (Å²) < 4.78 is 0. The quantitative estimate of drug-likeness (QED) is 0.210. The highest BCUT2D eigenvalue weighted by atomic mass is 35.5. The van der Waals surface area contributed by atoms with E-state index in [1.165, 1.54) is 17.6 Å². The van der Waals surface area contributed by atoms with E-state index in [1.54, 1.807) is 24.3 Å². The van der Waals surface area contributed by atoms with E-state index in [9.17, 15) is 14.7 Å². The summed E-state index contributed by atoms with van der Waals surface area (Å²) in [5, 5.41) is 13.1. The van der Waals surface area contributed by atoms with Crippen LogP contribution in [-0.4, -0.2) is 17.0 Å². The summed E-state index contributed by atoms with van der Waals surface area (Å²) in [5.41, 5.74) is 8.89. The van der Waals surface area contributed by atoms with Gasteiger partial charge in [-0.1, -0.05) is 93.0 Å². The zero-order chi connectivity index (χ0) is 31.4. The van der Waals surface area contributed by atoms with Crippen molar-refractivity contribution in [2.45, 2.75) is 59.3 Å². The van der Waals surface area contributed by atoms with Gasteiger partial charge in [0.2, 0.25) is 5.91 Å². The molecule has 1 amide bonds. The Hall–Kier alpha value is -4.15. The number of hydrogen-bond acceptors (Lipinski definition) is 2. The van der Waals surface area contributed by atoms with E-state index < -0.39 is 11.9 Å². The van der Waals surface area contributed by atoms with Gasteiger partial charge in [-0.3, -0.25) is 4.79 Å². The lowest BCUT2D eigenvalue weighted by Crippen LogP contribution is -2.23. The number of benzene rings is 4. The number of carbonyl (C=O) groups is 2. The molecule has 0 saturated carbocycles. The number of aromatic carboxylic acids is 1. The standard InChI is InChI=1S/C39H40ClNO3/c1-25-23-33(40)19-22-35(25)29-15-20-34(21-16-29)41-37(42)36(24-26-5-7-31(8-6-26)38(43)44)30-11-9-27(10-12-30)28-13-17-32(18-14-28)39(2,3)4/h5-13,15-16,19-23,32,36H,14,17-18,24H2,1-4H3,(H,41,42)(H,43,44)/t32-,36+/m0/s1. The first-order valence-electron chi connectivity index (χ1n) is 15.3. The molecule has 4 nitrogen and oxygen atoms in total. The summed E-state index contributed by atoms with van der Waals surface area (Å²) in [6.07, 6.45) is 6.17. The van der Waals surface area contributed by atoms with Crippen molar-refractivity contribution >= 4 is 34.7 Å². The third-order valence-corrected chi connectivity index (χ3v) is 9.16. The summed E-state index contributed by atoms with van der Waals surface area (Å²) in [5.74, 6) is -0.844. The largest absolute Gasteiger partial charge is 0.478 e. The SMILES string of the molecule is Cc1cc(Cl)ccc1-c1ccc(NC(=O)[C@H](Cc2ccc(C(=O)O)cc2)c2ccc(C3=CC[C@H](C(C)(C)C)CC3)cc2)cc1. The molecule has 0 saturated heterocycles. The summed E-state index contributed by atoms with van der Waals surface area (Å²) >= 11 is 6.14. The van der Waals surface area contributed by atoms with Crippen LogP contribution in [0.2, 0.25) is 5.02 Å². The molecular formula is C39H40ClNO3. The Morgan fingerprint density at radius 2 is 1.57 bits per heavy atom. The van der Waals surface area contributed by atoms with Gasteiger partial charge in [0.25, 0.3) is 0 Å². The van der Waals surface area contributed by atoms with Crippen molar-refractivity contribution < 1.29 is 14.7 Å². The Morgan fingerprint density at radius 1 is 0.909 bits per heavy atom. The Balaban J connectivity index is 1.37. The van der Waals surface area contributed by atoms with Crippen LogP contribution in [0, 0.1) is 18.3 Å². The lowest BCUT2D eigenvalue weighted by Gasteiger charge is -2.33. The minimum absolute atomic E-state index is 0.111. The summed E-state index contributed by atoms with van der Waals surface area (Å²) in [4.78, 5) is 25.2. The van der Waals surface area contributed by atoms with Crippen LogP contribution in [0.25, 0.3) is 16.7 Å². The van der Waals surface area contributed by atoms with E-state index in [-0.39, 0.29) is 11.5 Å². The molecule has 226 valence electrons. The molecule has 5 rings (SSSR count). The molecule has 0 aliphatic heterocycles. The Morgan fingerprint density at radius 3 is 2.14 bits per heavy atom. The second-order valence-electron chi connectivity index (χ2n) is 13.0. The lowest BCUT2D eigenvalue weighted by molar-refractivity contribution is -0.117. The first-order chi connectivity index (χ1) is 21.0. The average molecular weight is 606 g/mol. The molecule has 1 aliphatic rings. The summed E-state index contributed by atoms with van der Waals surface area (Å²) in [6.45, 7) is 8.99. The average Bonchev–Trinajstić information content (AvgIpc) is 3.00. The number of rotatable bonds is 8. The van der Waals surface area contributed by atoms with Crippen LogP contribution >= 0.6 is 11.6 Å². The number of halogens is 1. The molecule has 4 aromatic carbocycles. The Bertz CT molecular complexity index is 1660. The van der Waals surface area contributed by atoms with Crippen LogP contribution in [0.15, 0.2) is 97.1 Å². The number of allylic oxidation sites excluding steroid dienone is 2. The van der Waals surface area contributed by atoms with Gasteiger partial charge in [0, 0.05) is 10.7 Å². The van der Waals surface area contributed by atoms with Crippen LogP contribution in [0.5, 0.6) is 0 Å². The van der Waals surface area contributed by atoms with Crippen molar-refractivity contribution in [3.63, 3.8) is 0 Å². The highest BCUT2D eigenvalue weighted by Gasteiger charge is 2.27. The number of amides is 1. The van der Waals surface area contributed by atoms with E-state index in [4.69, 9.17) is 11.6 Å². The summed E-state index contributed by atoms with van der Waals surface area (Å²) in [7, 11) is 0. The minimum Gasteiger partial charge on any atom is -0.478 e. The molecular weight excluding hydrogens is 566 g/mol. The molecule has 5 heteroatoms. The number of carboxylic acid groups (broad SMARTS) is 1. The van der Waals surface area contributed by atoms with Crippen LogP contribution in [0.4, 0.5) is 5.69 Å². The van der Waals surface area contributed by atoms with Gasteiger partial charge < -0.3 is 10.4 Å².